The molecule has 5 heteroatoms. The Morgan fingerprint density at radius 3 is 2.81 bits per heavy atom. The number of nitrogens with one attached hydrogen (secondary N) is 3. The molecule has 0 fully saturated rings. The minimum absolute atomic E-state index is 0.680. The van der Waals surface area contributed by atoms with Gasteiger partial charge in [0, 0.05) is 18.2 Å². The van der Waals surface area contributed by atoms with Crippen LogP contribution >= 0.6 is 0 Å². The molecule has 0 unspecified atom stereocenters. The fourth-order valence-corrected chi connectivity index (χ4v) is 3.40. The molecule has 0 saturated carbocycles. The quantitative estimate of drug-likeness (QED) is 0.547. The van der Waals surface area contributed by atoms with Crippen molar-refractivity contribution in [1.82, 2.24) is 4.98 Å². The number of nitriles is 1. The fraction of sp³-hybridized carbons (Fsp3) is 0.190. The van der Waals surface area contributed by atoms with Crippen molar-refractivity contribution in [3.63, 3.8) is 0 Å². The number of aromatic nitrogens is 3. The molecule has 0 bridgehead atoms. The smallest absolute Gasteiger partial charge is 0.250 e. The average Bonchev–Trinajstić information content (AvgIpc) is 3.07. The molecule has 0 aliphatic carbocycles. The van der Waals surface area contributed by atoms with Gasteiger partial charge in [-0.05, 0) is 30.2 Å². The SMILES string of the molecule is CCCc1cc(NCc2cccc[nH+]2)[n+]2c([nH]c3ccccc32)c1C#N. The molecular formula is C21H21N5+2. The van der Waals surface area contributed by atoms with Gasteiger partial charge in [-0.25, -0.2) is 4.98 Å². The van der Waals surface area contributed by atoms with Gasteiger partial charge >= 0.3 is 0 Å². The molecule has 4 aromatic rings. The first-order chi connectivity index (χ1) is 12.8. The number of benzene rings is 1. The number of aryl methyl sites for hydroxylation is 1. The van der Waals surface area contributed by atoms with Gasteiger partial charge in [-0.3, -0.25) is 10.3 Å². The van der Waals surface area contributed by atoms with Crippen LogP contribution in [0.15, 0.2) is 54.7 Å². The lowest BCUT2D eigenvalue weighted by Gasteiger charge is -2.07. The maximum Gasteiger partial charge on any atom is 0.250 e. The first-order valence-corrected chi connectivity index (χ1v) is 8.89. The molecule has 0 aliphatic rings. The number of H-pyrrole nitrogens is 2. The highest BCUT2D eigenvalue weighted by molar-refractivity contribution is 5.77. The molecule has 0 saturated heterocycles. The molecule has 0 amide bonds. The van der Waals surface area contributed by atoms with Crippen LogP contribution in [0.1, 0.15) is 30.2 Å². The summed E-state index contributed by atoms with van der Waals surface area (Å²) in [5.74, 6) is 0.983. The number of aromatic amines is 2. The van der Waals surface area contributed by atoms with Crippen molar-refractivity contribution in [2.24, 2.45) is 0 Å². The highest BCUT2D eigenvalue weighted by atomic mass is 15.1. The summed E-state index contributed by atoms with van der Waals surface area (Å²) in [6.07, 6.45) is 3.80. The summed E-state index contributed by atoms with van der Waals surface area (Å²) in [7, 11) is 0. The lowest BCUT2D eigenvalue weighted by atomic mass is 10.1. The lowest BCUT2D eigenvalue weighted by Crippen LogP contribution is -2.28. The summed E-state index contributed by atoms with van der Waals surface area (Å²) < 4.78 is 2.11. The number of nitrogens with zero attached hydrogens (tertiary/aromatic N) is 2. The van der Waals surface area contributed by atoms with E-state index in [9.17, 15) is 5.26 Å². The van der Waals surface area contributed by atoms with Crippen molar-refractivity contribution in [1.29, 1.82) is 5.26 Å². The zero-order valence-electron chi connectivity index (χ0n) is 14.7. The third-order valence-corrected chi connectivity index (χ3v) is 4.60. The second kappa shape index (κ2) is 6.85. The molecule has 128 valence electrons. The Morgan fingerprint density at radius 2 is 2.04 bits per heavy atom. The summed E-state index contributed by atoms with van der Waals surface area (Å²) in [6, 6.07) is 18.7. The standard InChI is InChI=1S/C21H19N5/c1-2-7-15-12-20(24-14-16-8-5-6-11-23-16)26-19-10-4-3-9-18(19)25-21(26)17(15)13-22/h3-6,8-12H,2,7,14H2,1H3,(H,24,25)/p+2. The number of imidazole rings is 1. The van der Waals surface area contributed by atoms with E-state index in [4.69, 9.17) is 0 Å². The average molecular weight is 343 g/mol. The van der Waals surface area contributed by atoms with Gasteiger partial charge in [-0.2, -0.15) is 9.66 Å². The number of hydrogen-bond donors (Lipinski definition) is 2. The molecule has 1 aromatic carbocycles. The van der Waals surface area contributed by atoms with Crippen LogP contribution in [0.25, 0.3) is 16.7 Å². The van der Waals surface area contributed by atoms with Gasteiger partial charge in [0.25, 0.3) is 0 Å². The Kier molecular flexibility index (Phi) is 4.24. The highest BCUT2D eigenvalue weighted by Crippen LogP contribution is 2.22. The van der Waals surface area contributed by atoms with Crippen molar-refractivity contribution >= 4 is 22.5 Å². The molecule has 4 rings (SSSR count). The number of hydrogen-bond acceptors (Lipinski definition) is 2. The largest absolute Gasteiger partial charge is 0.295 e. The Hall–Kier alpha value is -3.39. The minimum Gasteiger partial charge on any atom is -0.295 e. The van der Waals surface area contributed by atoms with Gasteiger partial charge in [-0.15, -0.1) is 0 Å². The number of para-hydroxylation sites is 2. The first-order valence-electron chi connectivity index (χ1n) is 8.89. The van der Waals surface area contributed by atoms with E-state index in [2.05, 4.69) is 50.9 Å². The predicted molar refractivity (Wildman–Crippen MR) is 100 cm³/mol. The first kappa shape index (κ1) is 16.1. The third kappa shape index (κ3) is 2.76. The van der Waals surface area contributed by atoms with Crippen LogP contribution in [0, 0.1) is 11.3 Å². The second-order valence-corrected chi connectivity index (χ2v) is 6.36. The van der Waals surface area contributed by atoms with E-state index >= 15 is 0 Å². The Morgan fingerprint density at radius 1 is 1.19 bits per heavy atom. The van der Waals surface area contributed by atoms with Crippen molar-refractivity contribution < 1.29 is 9.38 Å². The molecule has 3 N–H and O–H groups in total. The van der Waals surface area contributed by atoms with Crippen LogP contribution in [0.5, 0.6) is 0 Å². The number of rotatable bonds is 5. The van der Waals surface area contributed by atoms with Crippen LogP contribution in [0.4, 0.5) is 5.82 Å². The number of pyridine rings is 2. The van der Waals surface area contributed by atoms with E-state index in [1.807, 2.05) is 36.5 Å². The summed E-state index contributed by atoms with van der Waals surface area (Å²) in [4.78, 5) is 6.68. The number of fused-ring (bicyclic) bond motifs is 3. The zero-order chi connectivity index (χ0) is 17.9. The van der Waals surface area contributed by atoms with Crippen molar-refractivity contribution in [3.8, 4) is 6.07 Å². The van der Waals surface area contributed by atoms with Gasteiger partial charge in [0.05, 0.1) is 0 Å². The summed E-state index contributed by atoms with van der Waals surface area (Å²) in [6.45, 7) is 2.82. The molecule has 26 heavy (non-hydrogen) atoms. The molecule has 0 spiro atoms. The van der Waals surface area contributed by atoms with E-state index in [0.717, 1.165) is 52.2 Å². The van der Waals surface area contributed by atoms with E-state index in [-0.39, 0.29) is 0 Å². The molecule has 0 atom stereocenters. The van der Waals surface area contributed by atoms with Crippen LogP contribution in [-0.2, 0) is 13.0 Å². The van der Waals surface area contributed by atoms with Crippen molar-refractivity contribution in [2.45, 2.75) is 26.3 Å². The Balaban J connectivity index is 1.90. The zero-order valence-corrected chi connectivity index (χ0v) is 14.7. The topological polar surface area (TPSA) is 69.8 Å². The minimum atomic E-state index is 0.680. The van der Waals surface area contributed by atoms with Gasteiger partial charge in [0.15, 0.2) is 6.20 Å². The highest BCUT2D eigenvalue weighted by Gasteiger charge is 2.21. The van der Waals surface area contributed by atoms with Crippen LogP contribution in [0.3, 0.4) is 0 Å². The van der Waals surface area contributed by atoms with Crippen LogP contribution < -0.4 is 14.7 Å². The van der Waals surface area contributed by atoms with E-state index in [1.165, 1.54) is 0 Å². The Bertz CT molecular complexity index is 1110. The molecule has 0 aliphatic heterocycles. The molecular weight excluding hydrogens is 322 g/mol. The maximum atomic E-state index is 9.76. The van der Waals surface area contributed by atoms with Gasteiger partial charge in [0.1, 0.15) is 29.2 Å². The van der Waals surface area contributed by atoms with E-state index in [0.29, 0.717) is 6.54 Å². The van der Waals surface area contributed by atoms with Gasteiger partial charge in [-0.1, -0.05) is 25.5 Å². The third-order valence-electron chi connectivity index (χ3n) is 4.60. The maximum absolute atomic E-state index is 9.76. The Labute approximate surface area is 151 Å². The molecule has 3 aromatic heterocycles. The summed E-state index contributed by atoms with van der Waals surface area (Å²) >= 11 is 0. The van der Waals surface area contributed by atoms with Crippen LogP contribution in [0.2, 0.25) is 0 Å². The lowest BCUT2D eigenvalue weighted by molar-refractivity contribution is -0.465. The van der Waals surface area contributed by atoms with Crippen molar-refractivity contribution in [3.05, 3.63) is 71.5 Å². The second-order valence-electron chi connectivity index (χ2n) is 6.36. The molecule has 0 radical (unpaired) electrons. The molecule has 5 nitrogen and oxygen atoms in total. The fourth-order valence-electron chi connectivity index (χ4n) is 3.40. The summed E-state index contributed by atoms with van der Waals surface area (Å²) in [5, 5.41) is 13.3. The van der Waals surface area contributed by atoms with E-state index < -0.39 is 0 Å². The van der Waals surface area contributed by atoms with Crippen LogP contribution in [-0.4, -0.2) is 4.98 Å². The monoisotopic (exact) mass is 343 g/mol. The van der Waals surface area contributed by atoms with E-state index in [1.54, 1.807) is 0 Å². The number of anilines is 1. The summed E-state index contributed by atoms with van der Waals surface area (Å²) in [5.41, 5.74) is 5.82. The van der Waals surface area contributed by atoms with Gasteiger partial charge < -0.3 is 0 Å². The van der Waals surface area contributed by atoms with Crippen molar-refractivity contribution in [2.75, 3.05) is 5.32 Å². The molecule has 3 heterocycles. The predicted octanol–water partition coefficient (Wildman–Crippen LogP) is 3.16. The normalized spacial score (nSPS) is 10.9. The van der Waals surface area contributed by atoms with Gasteiger partial charge in [0.2, 0.25) is 17.2 Å².